The summed E-state index contributed by atoms with van der Waals surface area (Å²) in [5.74, 6) is 0.317. The van der Waals surface area contributed by atoms with Crippen LogP contribution in [-0.4, -0.2) is 32.0 Å². The number of carbonyl (C=O) groups is 1. The molecule has 0 bridgehead atoms. The average Bonchev–Trinajstić information content (AvgIpc) is 2.30. The number of Topliss-reactive ketones (excluding diaryl/α,β-unsaturated/α-hetero) is 1. The number of halogens is 2. The van der Waals surface area contributed by atoms with Gasteiger partial charge in [0.1, 0.15) is 12.4 Å². The van der Waals surface area contributed by atoms with Gasteiger partial charge in [-0.1, -0.05) is 11.6 Å². The lowest BCUT2D eigenvalue weighted by Crippen LogP contribution is -2.05. The van der Waals surface area contributed by atoms with E-state index in [1.54, 1.807) is 25.3 Å². The standard InChI is InChI=1S/C11H12Cl2O3/c1-15-4-5-16-11-3-2-8(6-9(11)13)10(14)7-12/h2-3,6H,4-5,7H2,1H3. The number of rotatable bonds is 6. The van der Waals surface area contributed by atoms with E-state index in [4.69, 9.17) is 32.7 Å². The molecule has 0 aliphatic rings. The number of hydrogen-bond donors (Lipinski definition) is 0. The molecule has 16 heavy (non-hydrogen) atoms. The van der Waals surface area contributed by atoms with Gasteiger partial charge in [-0.15, -0.1) is 11.6 Å². The Morgan fingerprint density at radius 2 is 2.12 bits per heavy atom. The zero-order chi connectivity index (χ0) is 12.0. The summed E-state index contributed by atoms with van der Waals surface area (Å²) in [6.45, 7) is 0.901. The molecule has 0 aliphatic carbocycles. The number of ketones is 1. The zero-order valence-corrected chi connectivity index (χ0v) is 10.3. The lowest BCUT2D eigenvalue weighted by atomic mass is 10.1. The Hall–Kier alpha value is -0.770. The smallest absolute Gasteiger partial charge is 0.177 e. The van der Waals surface area contributed by atoms with E-state index in [9.17, 15) is 4.79 Å². The van der Waals surface area contributed by atoms with Gasteiger partial charge in [0.2, 0.25) is 0 Å². The van der Waals surface area contributed by atoms with Crippen molar-refractivity contribution in [2.24, 2.45) is 0 Å². The number of alkyl halides is 1. The third-order valence-corrected chi connectivity index (χ3v) is 2.46. The van der Waals surface area contributed by atoms with Gasteiger partial charge in [-0.25, -0.2) is 0 Å². The highest BCUT2D eigenvalue weighted by Crippen LogP contribution is 2.25. The van der Waals surface area contributed by atoms with Crippen molar-refractivity contribution in [2.45, 2.75) is 0 Å². The number of benzene rings is 1. The van der Waals surface area contributed by atoms with Gasteiger partial charge in [0.05, 0.1) is 17.5 Å². The van der Waals surface area contributed by atoms with Crippen molar-refractivity contribution >= 4 is 29.0 Å². The molecule has 0 N–H and O–H groups in total. The molecule has 0 unspecified atom stereocenters. The molecule has 0 saturated carbocycles. The Morgan fingerprint density at radius 1 is 1.38 bits per heavy atom. The predicted molar refractivity (Wildman–Crippen MR) is 63.9 cm³/mol. The quantitative estimate of drug-likeness (QED) is 0.449. The van der Waals surface area contributed by atoms with E-state index in [2.05, 4.69) is 0 Å². The maximum Gasteiger partial charge on any atom is 0.177 e. The van der Waals surface area contributed by atoms with E-state index < -0.39 is 0 Å². The first-order chi connectivity index (χ1) is 7.69. The fourth-order valence-corrected chi connectivity index (χ4v) is 1.49. The summed E-state index contributed by atoms with van der Waals surface area (Å²) in [5, 5.41) is 0.395. The lowest BCUT2D eigenvalue weighted by Gasteiger charge is -2.08. The molecule has 0 spiro atoms. The Morgan fingerprint density at radius 3 is 2.69 bits per heavy atom. The maximum atomic E-state index is 11.3. The van der Waals surface area contributed by atoms with E-state index in [1.165, 1.54) is 0 Å². The minimum Gasteiger partial charge on any atom is -0.490 e. The topological polar surface area (TPSA) is 35.5 Å². The summed E-state index contributed by atoms with van der Waals surface area (Å²) in [4.78, 5) is 11.3. The summed E-state index contributed by atoms with van der Waals surface area (Å²) in [5.41, 5.74) is 0.485. The predicted octanol–water partition coefficient (Wildman–Crippen LogP) is 2.79. The number of methoxy groups -OCH3 is 1. The van der Waals surface area contributed by atoms with Crippen LogP contribution in [0.5, 0.6) is 5.75 Å². The number of hydrogen-bond acceptors (Lipinski definition) is 3. The highest BCUT2D eigenvalue weighted by Gasteiger charge is 2.08. The summed E-state index contributed by atoms with van der Waals surface area (Å²) in [6.07, 6.45) is 0. The monoisotopic (exact) mass is 262 g/mol. The van der Waals surface area contributed by atoms with Crippen LogP contribution in [0.1, 0.15) is 10.4 Å². The molecule has 0 fully saturated rings. The first kappa shape index (κ1) is 13.3. The molecular formula is C11H12Cl2O3. The van der Waals surface area contributed by atoms with Crippen molar-refractivity contribution in [3.63, 3.8) is 0 Å². The van der Waals surface area contributed by atoms with Crippen molar-refractivity contribution in [1.82, 2.24) is 0 Å². The van der Waals surface area contributed by atoms with Gasteiger partial charge < -0.3 is 9.47 Å². The Labute approximate surface area is 104 Å². The third-order valence-electron chi connectivity index (χ3n) is 1.92. The largest absolute Gasteiger partial charge is 0.490 e. The highest BCUT2D eigenvalue weighted by atomic mass is 35.5. The Bertz CT molecular complexity index is 366. The van der Waals surface area contributed by atoms with Crippen LogP contribution >= 0.6 is 23.2 Å². The van der Waals surface area contributed by atoms with Crippen LogP contribution in [-0.2, 0) is 4.74 Å². The molecule has 1 rings (SSSR count). The summed E-state index contributed by atoms with van der Waals surface area (Å²) in [6, 6.07) is 4.84. The second-order valence-corrected chi connectivity index (χ2v) is 3.72. The number of carbonyl (C=O) groups excluding carboxylic acids is 1. The molecule has 1 aromatic carbocycles. The van der Waals surface area contributed by atoms with E-state index in [-0.39, 0.29) is 11.7 Å². The molecular weight excluding hydrogens is 251 g/mol. The molecule has 3 nitrogen and oxygen atoms in total. The van der Waals surface area contributed by atoms with Crippen molar-refractivity contribution < 1.29 is 14.3 Å². The van der Waals surface area contributed by atoms with Crippen molar-refractivity contribution in [1.29, 1.82) is 0 Å². The molecule has 0 heterocycles. The molecule has 0 atom stereocenters. The van der Waals surface area contributed by atoms with Crippen molar-refractivity contribution in [2.75, 3.05) is 26.2 Å². The summed E-state index contributed by atoms with van der Waals surface area (Å²) in [7, 11) is 1.59. The van der Waals surface area contributed by atoms with Gasteiger partial charge in [-0.05, 0) is 18.2 Å². The molecule has 0 radical (unpaired) electrons. The first-order valence-electron chi connectivity index (χ1n) is 4.69. The average molecular weight is 263 g/mol. The molecule has 0 amide bonds. The highest BCUT2D eigenvalue weighted by molar-refractivity contribution is 6.33. The van der Waals surface area contributed by atoms with Crippen LogP contribution < -0.4 is 4.74 Å². The fraction of sp³-hybridized carbons (Fsp3) is 0.364. The van der Waals surface area contributed by atoms with Gasteiger partial charge in [0, 0.05) is 12.7 Å². The third kappa shape index (κ3) is 3.67. The molecule has 0 saturated heterocycles. The Balaban J connectivity index is 2.71. The summed E-state index contributed by atoms with van der Waals surface area (Å²) < 4.78 is 10.2. The van der Waals surface area contributed by atoms with Crippen molar-refractivity contribution in [3.8, 4) is 5.75 Å². The van der Waals surface area contributed by atoms with E-state index >= 15 is 0 Å². The molecule has 5 heteroatoms. The van der Waals surface area contributed by atoms with Crippen LogP contribution in [0.25, 0.3) is 0 Å². The van der Waals surface area contributed by atoms with Crippen molar-refractivity contribution in [3.05, 3.63) is 28.8 Å². The van der Waals surface area contributed by atoms with Crippen LogP contribution in [0, 0.1) is 0 Å². The second kappa shape index (κ2) is 6.74. The normalized spacial score (nSPS) is 10.2. The van der Waals surface area contributed by atoms with Crippen LogP contribution in [0.3, 0.4) is 0 Å². The minimum absolute atomic E-state index is 0.0553. The lowest BCUT2D eigenvalue weighted by molar-refractivity contribution is 0.102. The van der Waals surface area contributed by atoms with E-state index in [1.807, 2.05) is 0 Å². The zero-order valence-electron chi connectivity index (χ0n) is 8.83. The fourth-order valence-electron chi connectivity index (χ4n) is 1.10. The molecule has 88 valence electrons. The minimum atomic E-state index is -0.160. The maximum absolute atomic E-state index is 11.3. The Kier molecular flexibility index (Phi) is 5.60. The van der Waals surface area contributed by atoms with Gasteiger partial charge >= 0.3 is 0 Å². The van der Waals surface area contributed by atoms with Gasteiger partial charge in [-0.2, -0.15) is 0 Å². The van der Waals surface area contributed by atoms with Gasteiger partial charge in [-0.3, -0.25) is 4.79 Å². The van der Waals surface area contributed by atoms with E-state index in [0.29, 0.717) is 29.5 Å². The second-order valence-electron chi connectivity index (χ2n) is 3.04. The molecule has 0 aliphatic heterocycles. The summed E-state index contributed by atoms with van der Waals surface area (Å²) >= 11 is 11.4. The van der Waals surface area contributed by atoms with E-state index in [0.717, 1.165) is 0 Å². The SMILES string of the molecule is COCCOc1ccc(C(=O)CCl)cc1Cl. The molecule has 0 aromatic heterocycles. The van der Waals surface area contributed by atoms with Gasteiger partial charge in [0.25, 0.3) is 0 Å². The van der Waals surface area contributed by atoms with Crippen LogP contribution in [0.2, 0.25) is 5.02 Å². The first-order valence-corrected chi connectivity index (χ1v) is 5.60. The molecule has 1 aromatic rings. The number of ether oxygens (including phenoxy) is 2. The van der Waals surface area contributed by atoms with Crippen LogP contribution in [0.15, 0.2) is 18.2 Å². The van der Waals surface area contributed by atoms with Gasteiger partial charge in [0.15, 0.2) is 5.78 Å². The van der Waals surface area contributed by atoms with Crippen LogP contribution in [0.4, 0.5) is 0 Å².